The Morgan fingerprint density at radius 1 is 1.13 bits per heavy atom. The van der Waals surface area contributed by atoms with Crippen molar-refractivity contribution in [3.63, 3.8) is 0 Å². The predicted molar refractivity (Wildman–Crippen MR) is 163 cm³/mol. The molecule has 45 heavy (non-hydrogen) atoms. The Bertz CT molecular complexity index is 1540. The third-order valence-electron chi connectivity index (χ3n) is 8.04. The number of rotatable bonds is 9. The van der Waals surface area contributed by atoms with Gasteiger partial charge in [0.25, 0.3) is 0 Å². The summed E-state index contributed by atoms with van der Waals surface area (Å²) in [5.74, 6) is -0.719. The molecule has 0 spiro atoms. The number of nitrogens with one attached hydrogen (secondary N) is 2. The van der Waals surface area contributed by atoms with E-state index >= 15 is 4.39 Å². The number of hydroxylamine groups is 1. The Balaban J connectivity index is 1.44. The maximum atomic E-state index is 15.0. The molecule has 3 aromatic rings. The van der Waals surface area contributed by atoms with Crippen LogP contribution in [0.1, 0.15) is 36.4 Å². The Morgan fingerprint density at radius 3 is 2.56 bits per heavy atom. The van der Waals surface area contributed by atoms with Crippen LogP contribution in [-0.4, -0.2) is 67.7 Å². The molecule has 1 amide bonds. The van der Waals surface area contributed by atoms with Gasteiger partial charge in [-0.25, -0.2) is 19.4 Å². The molecule has 0 bridgehead atoms. The summed E-state index contributed by atoms with van der Waals surface area (Å²) in [7, 11) is 5.66. The summed E-state index contributed by atoms with van der Waals surface area (Å²) in [6, 6.07) is 7.93. The van der Waals surface area contributed by atoms with Gasteiger partial charge in [-0.2, -0.15) is 13.2 Å². The molecule has 10 nitrogen and oxygen atoms in total. The third-order valence-corrected chi connectivity index (χ3v) is 8.04. The van der Waals surface area contributed by atoms with Crippen molar-refractivity contribution in [1.82, 2.24) is 14.9 Å². The lowest BCUT2D eigenvalue weighted by Gasteiger charge is -2.37. The average molecular weight is 630 g/mol. The Kier molecular flexibility index (Phi) is 9.44. The van der Waals surface area contributed by atoms with E-state index in [2.05, 4.69) is 51.1 Å². The second-order valence-corrected chi connectivity index (χ2v) is 11.0. The summed E-state index contributed by atoms with van der Waals surface area (Å²) in [5, 5.41) is 7.36. The van der Waals surface area contributed by atoms with E-state index < -0.39 is 23.6 Å². The number of hydrogen-bond donors (Lipinski definition) is 2. The summed E-state index contributed by atoms with van der Waals surface area (Å²) in [6.07, 6.45) is -0.226. The van der Waals surface area contributed by atoms with Crippen molar-refractivity contribution in [2.75, 3.05) is 61.5 Å². The lowest BCUT2D eigenvalue weighted by molar-refractivity contribution is -0.140. The minimum Gasteiger partial charge on any atom is -0.494 e. The number of nitrogens with zero attached hydrogens (tertiary/aromatic N) is 5. The highest BCUT2D eigenvalue weighted by molar-refractivity contribution is 6.02. The highest BCUT2D eigenvalue weighted by atomic mass is 19.4. The Hall–Kier alpha value is -4.43. The number of hydrogen-bond acceptors (Lipinski definition) is 9. The summed E-state index contributed by atoms with van der Waals surface area (Å²) < 4.78 is 60.9. The lowest BCUT2D eigenvalue weighted by atomic mass is 10.0. The first kappa shape index (κ1) is 32.0. The van der Waals surface area contributed by atoms with Gasteiger partial charge in [-0.15, -0.1) is 0 Å². The Labute approximate surface area is 258 Å². The maximum Gasteiger partial charge on any atom is 0.419 e. The fourth-order valence-electron chi connectivity index (χ4n) is 5.68. The zero-order valence-corrected chi connectivity index (χ0v) is 25.2. The van der Waals surface area contributed by atoms with Crippen LogP contribution in [0.5, 0.6) is 5.75 Å². The topological polar surface area (TPSA) is 95.1 Å². The van der Waals surface area contributed by atoms with Gasteiger partial charge in [-0.1, -0.05) is 18.7 Å². The van der Waals surface area contributed by atoms with Crippen LogP contribution in [0.15, 0.2) is 55.4 Å². The van der Waals surface area contributed by atoms with Crippen LogP contribution in [0.3, 0.4) is 0 Å². The normalized spacial score (nSPS) is 17.5. The number of carbonyl (C=O) groups is 1. The number of amides is 1. The van der Waals surface area contributed by atoms with Crippen LogP contribution in [0.25, 0.3) is 0 Å². The number of benzene rings is 2. The predicted octanol–water partition coefficient (Wildman–Crippen LogP) is 5.92. The molecule has 240 valence electrons. The van der Waals surface area contributed by atoms with E-state index in [0.717, 1.165) is 31.6 Å². The quantitative estimate of drug-likeness (QED) is 0.221. The van der Waals surface area contributed by atoms with Gasteiger partial charge in [-0.05, 0) is 45.1 Å². The van der Waals surface area contributed by atoms with Crippen LogP contribution in [0.4, 0.5) is 46.3 Å². The van der Waals surface area contributed by atoms with Crippen molar-refractivity contribution in [3.05, 3.63) is 72.3 Å². The van der Waals surface area contributed by atoms with E-state index in [1.54, 1.807) is 6.07 Å². The molecule has 2 aliphatic rings. The molecular formula is C31H35F4N7O3. The molecule has 2 aromatic carbocycles. The molecule has 2 N–H and O–H groups in total. The van der Waals surface area contributed by atoms with Crippen LogP contribution in [0.2, 0.25) is 0 Å². The molecule has 1 atom stereocenters. The maximum absolute atomic E-state index is 15.0. The van der Waals surface area contributed by atoms with Crippen molar-refractivity contribution in [1.29, 1.82) is 0 Å². The molecular weight excluding hydrogens is 594 g/mol. The fraction of sp³-hybridized carbons (Fsp3) is 0.387. The Morgan fingerprint density at radius 2 is 1.89 bits per heavy atom. The molecule has 2 aliphatic heterocycles. The number of aromatic nitrogens is 2. The van der Waals surface area contributed by atoms with Crippen molar-refractivity contribution >= 4 is 34.6 Å². The number of methoxy groups -OCH3 is 1. The van der Waals surface area contributed by atoms with Gasteiger partial charge in [0.15, 0.2) is 5.82 Å². The van der Waals surface area contributed by atoms with Crippen molar-refractivity contribution in [3.8, 4) is 5.75 Å². The third kappa shape index (κ3) is 6.96. The van der Waals surface area contributed by atoms with Crippen LogP contribution >= 0.6 is 0 Å². The number of ether oxygens (including phenoxy) is 1. The van der Waals surface area contributed by atoms with Crippen LogP contribution in [-0.2, 0) is 15.8 Å². The van der Waals surface area contributed by atoms with E-state index in [4.69, 9.17) is 9.57 Å². The summed E-state index contributed by atoms with van der Waals surface area (Å²) >= 11 is 0. The molecule has 5 rings (SSSR count). The second kappa shape index (κ2) is 13.3. The minimum absolute atomic E-state index is 0.148. The van der Waals surface area contributed by atoms with Gasteiger partial charge in [0.1, 0.15) is 23.7 Å². The first-order valence-electron chi connectivity index (χ1n) is 14.4. The van der Waals surface area contributed by atoms with E-state index in [0.29, 0.717) is 35.1 Å². The van der Waals surface area contributed by atoms with Gasteiger partial charge in [-0.3, -0.25) is 9.63 Å². The van der Waals surface area contributed by atoms with Gasteiger partial charge in [0, 0.05) is 43.2 Å². The standard InChI is InChI=1S/C31H35F4N7O3/c1-5-29(43)39-22-15-23(26(44-4)16-25(22)41-12-9-19(10-13-41)40(2)3)38-27-17-28(37-18-36-27)42-24(11-14-45-42)20-7-6-8-21(30(20)32)31(33,34)35/h5-8,15-19,24H,1,9-14H2,2-4H3,(H,39,43)(H,36,37,38)/t24-/m1/s1. The van der Waals surface area contributed by atoms with Crippen LogP contribution < -0.4 is 25.3 Å². The zero-order chi connectivity index (χ0) is 32.3. The molecule has 2 saturated heterocycles. The number of piperidine rings is 1. The molecule has 14 heteroatoms. The monoisotopic (exact) mass is 629 g/mol. The van der Waals surface area contributed by atoms with Crippen LogP contribution in [0, 0.1) is 5.82 Å². The highest BCUT2D eigenvalue weighted by Crippen LogP contribution is 2.42. The van der Waals surface area contributed by atoms with E-state index in [9.17, 15) is 18.0 Å². The van der Waals surface area contributed by atoms with Crippen molar-refractivity contribution in [2.45, 2.75) is 37.5 Å². The minimum atomic E-state index is -4.84. The van der Waals surface area contributed by atoms with Gasteiger partial charge >= 0.3 is 6.18 Å². The molecule has 0 aliphatic carbocycles. The fourth-order valence-corrected chi connectivity index (χ4v) is 5.68. The summed E-state index contributed by atoms with van der Waals surface area (Å²) in [4.78, 5) is 31.0. The van der Waals surface area contributed by atoms with Gasteiger partial charge < -0.3 is 25.2 Å². The molecule has 1 aromatic heterocycles. The first-order valence-corrected chi connectivity index (χ1v) is 14.4. The van der Waals surface area contributed by atoms with Gasteiger partial charge in [0.05, 0.1) is 42.4 Å². The van der Waals surface area contributed by atoms with Crippen molar-refractivity contribution in [2.24, 2.45) is 0 Å². The van der Waals surface area contributed by atoms with Crippen molar-refractivity contribution < 1.29 is 31.9 Å². The molecule has 0 unspecified atom stereocenters. The van der Waals surface area contributed by atoms with Gasteiger partial charge in [0.2, 0.25) is 5.91 Å². The lowest BCUT2D eigenvalue weighted by Crippen LogP contribution is -2.42. The molecule has 0 saturated carbocycles. The average Bonchev–Trinajstić information content (AvgIpc) is 3.51. The molecule has 3 heterocycles. The summed E-state index contributed by atoms with van der Waals surface area (Å²) in [6.45, 7) is 5.29. The smallest absolute Gasteiger partial charge is 0.419 e. The SMILES string of the molecule is C=CC(=O)Nc1cc(Nc2cc(N3OCC[C@@H]3c3cccc(C(F)(F)F)c3F)ncn2)c(OC)cc1N1CCC(N(C)C)CC1. The summed E-state index contributed by atoms with van der Waals surface area (Å²) in [5.41, 5.74) is 0.336. The first-order chi connectivity index (χ1) is 21.5. The highest BCUT2D eigenvalue weighted by Gasteiger charge is 2.38. The number of carbonyl (C=O) groups excluding carboxylic acids is 1. The molecule has 0 radical (unpaired) electrons. The number of alkyl halides is 3. The second-order valence-electron chi connectivity index (χ2n) is 11.0. The van der Waals surface area contributed by atoms with E-state index in [1.807, 2.05) is 6.07 Å². The zero-order valence-electron chi connectivity index (χ0n) is 25.2. The number of anilines is 5. The number of halogens is 4. The molecule has 2 fully saturated rings. The largest absolute Gasteiger partial charge is 0.494 e. The van der Waals surface area contributed by atoms with E-state index in [-0.39, 0.29) is 30.3 Å². The van der Waals surface area contributed by atoms with E-state index in [1.165, 1.54) is 42.8 Å².